The molecule has 13 aliphatic rings. The molecule has 12 fully saturated rings. The average Bonchev–Trinajstić information content (AvgIpc) is 0.905. The van der Waals surface area contributed by atoms with Crippen molar-refractivity contribution < 1.29 is 217 Å². The van der Waals surface area contributed by atoms with Crippen LogP contribution in [-0.2, 0) is 104 Å². The Kier molecular flexibility index (Phi) is 34.9. The van der Waals surface area contributed by atoms with Crippen molar-refractivity contribution in [1.82, 2.24) is 0 Å². The lowest BCUT2D eigenvalue weighted by Crippen LogP contribution is -2.69. The molecule has 0 radical (unpaired) electrons. The molecule has 8 saturated heterocycles. The van der Waals surface area contributed by atoms with Crippen molar-refractivity contribution in [1.29, 1.82) is 0 Å². The number of ether oxygens (including phenoxy) is 18. The smallest absolute Gasteiger partial charge is 0.317 e. The number of carbonyl (C=O) groups is 4. The van der Waals surface area contributed by atoms with Crippen LogP contribution in [0.4, 0.5) is 0 Å². The van der Waals surface area contributed by atoms with E-state index in [4.69, 9.17) is 85.3 Å². The normalized spacial score (nSPS) is 49.0. The Bertz CT molecular complexity index is 3950. The number of carbonyl (C=O) groups excluding carboxylic acids is 4. The summed E-state index contributed by atoms with van der Waals surface area (Å²) in [4.78, 5) is 58.8. The van der Waals surface area contributed by atoms with Crippen LogP contribution in [0.25, 0.3) is 0 Å². The maximum absolute atomic E-state index is 16.3. The zero-order chi connectivity index (χ0) is 98.9. The lowest BCUT2D eigenvalue weighted by atomic mass is 9.33. The highest BCUT2D eigenvalue weighted by atomic mass is 16.8. The molecule has 44 nitrogen and oxygen atoms in total. The highest BCUT2D eigenvalue weighted by Crippen LogP contribution is 2.76. The fourth-order valence-corrected chi connectivity index (χ4v) is 23.9. The van der Waals surface area contributed by atoms with Gasteiger partial charge in [-0.15, -0.1) is 0 Å². The van der Waals surface area contributed by atoms with Crippen LogP contribution in [0.1, 0.15) is 179 Å². The number of aliphatic hydroxyl groups is 22. The summed E-state index contributed by atoms with van der Waals surface area (Å²) in [5.41, 5.74) is -7.15. The number of esters is 3. The molecule has 4 saturated carbocycles. The van der Waals surface area contributed by atoms with E-state index in [-0.39, 0.29) is 43.9 Å². The number of aliphatic hydroxyl groups excluding tert-OH is 21. The number of rotatable bonds is 34. The molecule has 19 unspecified atom stereocenters. The van der Waals surface area contributed by atoms with Crippen molar-refractivity contribution in [2.75, 3.05) is 46.2 Å². The van der Waals surface area contributed by atoms with Gasteiger partial charge in [0.05, 0.1) is 107 Å². The number of hydrogen-bond donors (Lipinski definition) is 22. The second kappa shape index (κ2) is 43.3. The molecule has 8 aliphatic heterocycles. The van der Waals surface area contributed by atoms with Gasteiger partial charge < -0.3 is 202 Å². The highest BCUT2D eigenvalue weighted by molar-refractivity contribution is 5.80. The summed E-state index contributed by atoms with van der Waals surface area (Å²) in [6.07, 6.45) is -59.8. The van der Waals surface area contributed by atoms with E-state index in [1.165, 1.54) is 13.8 Å². The van der Waals surface area contributed by atoms with E-state index in [0.29, 0.717) is 51.4 Å². The van der Waals surface area contributed by atoms with E-state index in [1.807, 2.05) is 13.8 Å². The second-order valence-electron chi connectivity index (χ2n) is 42.1. The Labute approximate surface area is 782 Å². The first-order valence-corrected chi connectivity index (χ1v) is 47.7. The van der Waals surface area contributed by atoms with Crippen LogP contribution in [0.15, 0.2) is 11.6 Å². The molecule has 22 N–H and O–H groups in total. The molecule has 13 rings (SSSR count). The van der Waals surface area contributed by atoms with Gasteiger partial charge in [0.2, 0.25) is 6.29 Å². The average molecular weight is 1950 g/mol. The quantitative estimate of drug-likeness (QED) is 0.00942. The van der Waals surface area contributed by atoms with Gasteiger partial charge >= 0.3 is 17.9 Å². The monoisotopic (exact) mass is 1940 g/mol. The van der Waals surface area contributed by atoms with Crippen molar-refractivity contribution in [3.8, 4) is 0 Å². The Morgan fingerprint density at radius 3 is 1.67 bits per heavy atom. The molecule has 0 aromatic carbocycles. The molecule has 0 aromatic heterocycles. The number of aldehydes is 1. The van der Waals surface area contributed by atoms with Crippen molar-refractivity contribution in [3.63, 3.8) is 0 Å². The lowest BCUT2D eigenvalue weighted by molar-refractivity contribution is -0.384. The maximum atomic E-state index is 16.3. The molecule has 0 bridgehead atoms. The summed E-state index contributed by atoms with van der Waals surface area (Å²) < 4.78 is 109. The molecule has 0 aromatic rings. The summed E-state index contributed by atoms with van der Waals surface area (Å²) in [6, 6.07) is 0. The summed E-state index contributed by atoms with van der Waals surface area (Å²) in [6.45, 7) is 17.7. The predicted molar refractivity (Wildman–Crippen MR) is 451 cm³/mol. The van der Waals surface area contributed by atoms with Crippen LogP contribution in [0, 0.1) is 62.1 Å². The van der Waals surface area contributed by atoms with Crippen molar-refractivity contribution in [2.24, 2.45) is 62.1 Å². The fraction of sp³-hybridized carbons (Fsp3) is 0.934. The third kappa shape index (κ3) is 21.2. The first-order valence-electron chi connectivity index (χ1n) is 47.7. The molecule has 8 heterocycles. The van der Waals surface area contributed by atoms with Crippen molar-refractivity contribution in [3.05, 3.63) is 11.6 Å². The van der Waals surface area contributed by atoms with Crippen LogP contribution < -0.4 is 0 Å². The van der Waals surface area contributed by atoms with Gasteiger partial charge in [0.25, 0.3) is 0 Å². The van der Waals surface area contributed by atoms with Crippen LogP contribution >= 0.6 is 0 Å². The number of allylic oxidation sites excluding steroid dienone is 2. The summed E-state index contributed by atoms with van der Waals surface area (Å²) in [7, 11) is 0. The maximum Gasteiger partial charge on any atom is 0.317 e. The van der Waals surface area contributed by atoms with Gasteiger partial charge in [-0.3, -0.25) is 14.4 Å². The van der Waals surface area contributed by atoms with E-state index in [9.17, 15) is 127 Å². The topological polar surface area (TPSA) is 679 Å². The van der Waals surface area contributed by atoms with Gasteiger partial charge in [-0.05, 0) is 123 Å². The van der Waals surface area contributed by atoms with Crippen LogP contribution in [0.5, 0.6) is 0 Å². The minimum atomic E-state index is -2.19. The molecule has 44 heteroatoms. The van der Waals surface area contributed by atoms with Gasteiger partial charge in [-0.2, -0.15) is 0 Å². The van der Waals surface area contributed by atoms with Gasteiger partial charge in [0, 0.05) is 12.8 Å². The van der Waals surface area contributed by atoms with E-state index in [1.54, 1.807) is 20.8 Å². The minimum Gasteiger partial charge on any atom is -0.462 e. The second-order valence-corrected chi connectivity index (χ2v) is 42.1. The molecular formula is C91H148O44. The first kappa shape index (κ1) is 109. The zero-order valence-corrected chi connectivity index (χ0v) is 78.4. The summed E-state index contributed by atoms with van der Waals surface area (Å²) >= 11 is 0. The van der Waals surface area contributed by atoms with Crippen LogP contribution in [0.3, 0.4) is 0 Å². The summed E-state index contributed by atoms with van der Waals surface area (Å²) in [5, 5.41) is 245. The van der Waals surface area contributed by atoms with E-state index in [2.05, 4.69) is 40.7 Å². The molecule has 0 spiro atoms. The summed E-state index contributed by atoms with van der Waals surface area (Å²) in [5.74, 6) is -5.14. The van der Waals surface area contributed by atoms with Gasteiger partial charge in [-0.25, -0.2) is 0 Å². The molecule has 135 heavy (non-hydrogen) atoms. The van der Waals surface area contributed by atoms with Gasteiger partial charge in [0.15, 0.2) is 56.2 Å². The minimum absolute atomic E-state index is 0.00868. The van der Waals surface area contributed by atoms with Crippen molar-refractivity contribution >= 4 is 24.2 Å². The van der Waals surface area contributed by atoms with Crippen LogP contribution in [-0.4, -0.2) is 428 Å². The standard InChI is InChI=1S/C91H148O44/c1-13-37(3)48(124-56(102)25-42(97)24-49(38(4)14-2)125-79-64(110)60(106)51(30-93)126-79)23-41(96)26-57(103)129-70-40(6)123-82(73(67(70)113)133-78-66(112)62(108)69(39(5)122-78)130-77-68(114)71(46(99)32-119-77)131-83-75(115)90(117,35-95)36-121-83)135-84(116)91-22-21-85(7,8)27-44(91)43-15-16-53-86(9)19-18-55(87(10,34-94)52(86)17-20-88(53,11)89(43,12)28-54(91)101)128-81-74(134-80-65(111)61(107)59(105)50(29-92)127-80)72(47(100)33-120-81)132-76-63(109)58(104)45(98)31-118-76/h15,34,37-42,44-55,58-83,92-93,95-101,104-115,117H,13-14,16-33,35-36H2,1-12H3/t37-,38-,39?,40?,41-,42-,44?,45+,46+,47+,48-,49-,50?,51-,52+,53?,54?,55-,58-,59-,60?,61-,62?,63?,64?,65?,66?,67?,68?,69-,70-,71?,72-,73?,74?,75?,76-,77-,78-,79+,80-,81-,82-,83-,86?,87+,88-,89+,90+,91+/m0/s1. The molecule has 50 atom stereocenters. The Morgan fingerprint density at radius 2 is 1.03 bits per heavy atom. The predicted octanol–water partition coefficient (Wildman–Crippen LogP) is -5.14. The molecular weight excluding hydrogens is 1800 g/mol. The fourth-order valence-electron chi connectivity index (χ4n) is 23.9. The molecule has 0 amide bonds. The van der Waals surface area contributed by atoms with Crippen molar-refractivity contribution in [2.45, 2.75) is 425 Å². The van der Waals surface area contributed by atoms with E-state index >= 15 is 4.79 Å². The Morgan fingerprint density at radius 1 is 0.496 bits per heavy atom. The third-order valence-electron chi connectivity index (χ3n) is 32.9. The third-order valence-corrected chi connectivity index (χ3v) is 32.9. The SMILES string of the molecule is CC[C@H](C)[C@H](C[C@H](O)CC(=O)O[C@H]1C(C)O[C@@H](OC(=O)[C@]23CCC(C)(C)CC2C2=CCC4C5(C)CC[C@H](O[C@@H]6OC[C@@H](O)[C@H](O[C@@H]7OC[C@@H](O)[C@H](O)C7O)C6O[C@@H]6OC(CO)[C@H](O)[C@H](O)C6O)[C@](C)(C=O)[C@@H]5CC[C@]4(C)[C@]2(C)CC3O)C(O[C@@H]2OC(C)[C@H](O[C@@H]3OC[C@@H](O)C(O[C@@H]4OC[C@](O)(CO)C4O)C3O)C(O)C2O)C1O)OC(=O)C[C@@H](O)C[C@H](O[C@@H]1O[C@@H](CO)C(O)C1O)[C@@H](C)CC. The Balaban J connectivity index is 0.739. The van der Waals surface area contributed by atoms with Crippen LogP contribution in [0.2, 0.25) is 0 Å². The van der Waals surface area contributed by atoms with Gasteiger partial charge in [-0.1, -0.05) is 93.7 Å². The lowest BCUT2D eigenvalue weighted by Gasteiger charge is -2.71. The number of fused-ring (bicyclic) bond motifs is 7. The number of hydrogen-bond acceptors (Lipinski definition) is 44. The zero-order valence-electron chi connectivity index (χ0n) is 78.4. The Hall–Kier alpha value is -3.66. The highest BCUT2D eigenvalue weighted by Gasteiger charge is 2.74. The van der Waals surface area contributed by atoms with E-state index < -0.39 is 372 Å². The molecule has 5 aliphatic carbocycles. The van der Waals surface area contributed by atoms with E-state index in [0.717, 1.165) is 11.9 Å². The first-order chi connectivity index (χ1) is 63.5. The molecule has 776 valence electrons. The largest absolute Gasteiger partial charge is 0.462 e. The van der Waals surface area contributed by atoms with Gasteiger partial charge in [0.1, 0.15) is 152 Å².